The summed E-state index contributed by atoms with van der Waals surface area (Å²) in [5.74, 6) is 0. The lowest BCUT2D eigenvalue weighted by atomic mass is 9.99. The predicted molar refractivity (Wildman–Crippen MR) is 73.0 cm³/mol. The Morgan fingerprint density at radius 2 is 1.47 bits per heavy atom. The van der Waals surface area contributed by atoms with Gasteiger partial charge in [0.25, 0.3) is 0 Å². The summed E-state index contributed by atoms with van der Waals surface area (Å²) in [6.45, 7) is 3.15. The van der Waals surface area contributed by atoms with Crippen molar-refractivity contribution in [3.05, 3.63) is 71.8 Å². The molecule has 0 fully saturated rings. The van der Waals surface area contributed by atoms with Crippen LogP contribution in [0.2, 0.25) is 0 Å². The third-order valence-corrected chi connectivity index (χ3v) is 2.94. The molecule has 0 radical (unpaired) electrons. The van der Waals surface area contributed by atoms with E-state index in [0.29, 0.717) is 6.04 Å². The average molecular weight is 225 g/mol. The minimum Gasteiger partial charge on any atom is -0.310 e. The van der Waals surface area contributed by atoms with E-state index in [0.717, 1.165) is 13.0 Å². The zero-order chi connectivity index (χ0) is 11.9. The van der Waals surface area contributed by atoms with Crippen molar-refractivity contribution in [1.82, 2.24) is 5.32 Å². The maximum absolute atomic E-state index is 3.55. The number of rotatable bonds is 5. The molecule has 0 aliphatic heterocycles. The topological polar surface area (TPSA) is 12.0 Å². The zero-order valence-corrected chi connectivity index (χ0v) is 10.3. The first kappa shape index (κ1) is 11.9. The Kier molecular flexibility index (Phi) is 4.34. The lowest BCUT2D eigenvalue weighted by Crippen LogP contribution is -2.22. The van der Waals surface area contributed by atoms with Gasteiger partial charge in [0.15, 0.2) is 0 Å². The van der Waals surface area contributed by atoms with E-state index in [2.05, 4.69) is 72.9 Å². The number of nitrogens with one attached hydrogen (secondary N) is 1. The second-order valence-corrected chi connectivity index (χ2v) is 4.21. The normalized spacial score (nSPS) is 12.3. The summed E-state index contributed by atoms with van der Waals surface area (Å²) in [5, 5.41) is 3.55. The van der Waals surface area contributed by atoms with E-state index in [4.69, 9.17) is 0 Å². The van der Waals surface area contributed by atoms with E-state index >= 15 is 0 Å². The maximum atomic E-state index is 3.55. The van der Waals surface area contributed by atoms with Gasteiger partial charge < -0.3 is 5.32 Å². The molecule has 0 aliphatic carbocycles. The number of likely N-dealkylation sites (N-methyl/N-ethyl adjacent to an activating group) is 1. The van der Waals surface area contributed by atoms with Crippen molar-refractivity contribution in [2.75, 3.05) is 6.54 Å². The van der Waals surface area contributed by atoms with Gasteiger partial charge in [-0.1, -0.05) is 67.6 Å². The van der Waals surface area contributed by atoms with Crippen molar-refractivity contribution in [1.29, 1.82) is 0 Å². The molecule has 0 aromatic heterocycles. The van der Waals surface area contributed by atoms with Gasteiger partial charge in [-0.15, -0.1) is 0 Å². The van der Waals surface area contributed by atoms with Crippen molar-refractivity contribution in [2.45, 2.75) is 19.4 Å². The number of hydrogen-bond acceptors (Lipinski definition) is 1. The van der Waals surface area contributed by atoms with Crippen LogP contribution in [0.1, 0.15) is 24.1 Å². The zero-order valence-electron chi connectivity index (χ0n) is 10.3. The fraction of sp³-hybridized carbons (Fsp3) is 0.250. The summed E-state index contributed by atoms with van der Waals surface area (Å²) in [6, 6.07) is 21.7. The van der Waals surface area contributed by atoms with E-state index in [1.165, 1.54) is 11.1 Å². The van der Waals surface area contributed by atoms with Crippen LogP contribution in [0.15, 0.2) is 60.7 Å². The van der Waals surface area contributed by atoms with Crippen molar-refractivity contribution in [2.24, 2.45) is 0 Å². The molecular weight excluding hydrogens is 206 g/mol. The molecule has 0 saturated heterocycles. The SMILES string of the molecule is CCNC(Cc1ccccc1)c1ccccc1. The molecule has 1 nitrogen and oxygen atoms in total. The van der Waals surface area contributed by atoms with E-state index in [1.807, 2.05) is 0 Å². The fourth-order valence-corrected chi connectivity index (χ4v) is 2.09. The quantitative estimate of drug-likeness (QED) is 0.820. The first-order valence-electron chi connectivity index (χ1n) is 6.22. The van der Waals surface area contributed by atoms with E-state index in [1.54, 1.807) is 0 Å². The minimum atomic E-state index is 0.406. The lowest BCUT2D eigenvalue weighted by Gasteiger charge is -2.18. The molecule has 2 aromatic carbocycles. The molecule has 88 valence electrons. The van der Waals surface area contributed by atoms with Crippen LogP contribution in [0.5, 0.6) is 0 Å². The Labute approximate surface area is 103 Å². The molecule has 0 amide bonds. The smallest absolute Gasteiger partial charge is 0.0360 e. The Bertz CT molecular complexity index is 422. The van der Waals surface area contributed by atoms with Crippen LogP contribution in [0.4, 0.5) is 0 Å². The number of benzene rings is 2. The van der Waals surface area contributed by atoms with Crippen molar-refractivity contribution in [3.8, 4) is 0 Å². The summed E-state index contributed by atoms with van der Waals surface area (Å²) < 4.78 is 0. The molecule has 0 heterocycles. The largest absolute Gasteiger partial charge is 0.310 e. The molecule has 1 unspecified atom stereocenters. The summed E-state index contributed by atoms with van der Waals surface area (Å²) in [7, 11) is 0. The minimum absolute atomic E-state index is 0.406. The highest BCUT2D eigenvalue weighted by atomic mass is 14.9. The lowest BCUT2D eigenvalue weighted by molar-refractivity contribution is 0.550. The summed E-state index contributed by atoms with van der Waals surface area (Å²) >= 11 is 0. The Morgan fingerprint density at radius 3 is 2.06 bits per heavy atom. The predicted octanol–water partition coefficient (Wildman–Crippen LogP) is 3.58. The second kappa shape index (κ2) is 6.21. The highest BCUT2D eigenvalue weighted by Crippen LogP contribution is 2.17. The van der Waals surface area contributed by atoms with Crippen molar-refractivity contribution >= 4 is 0 Å². The molecule has 0 saturated carbocycles. The van der Waals surface area contributed by atoms with Gasteiger partial charge in [0, 0.05) is 6.04 Å². The summed E-state index contributed by atoms with van der Waals surface area (Å²) in [4.78, 5) is 0. The second-order valence-electron chi connectivity index (χ2n) is 4.21. The Morgan fingerprint density at radius 1 is 0.882 bits per heavy atom. The first-order valence-corrected chi connectivity index (χ1v) is 6.22. The maximum Gasteiger partial charge on any atom is 0.0360 e. The summed E-state index contributed by atoms with van der Waals surface area (Å²) in [6.07, 6.45) is 1.04. The van der Waals surface area contributed by atoms with Crippen LogP contribution in [-0.4, -0.2) is 6.54 Å². The van der Waals surface area contributed by atoms with Gasteiger partial charge in [0.05, 0.1) is 0 Å². The first-order chi connectivity index (χ1) is 8.40. The molecule has 0 spiro atoms. The van der Waals surface area contributed by atoms with Crippen LogP contribution in [-0.2, 0) is 6.42 Å². The highest BCUT2D eigenvalue weighted by molar-refractivity contribution is 5.23. The van der Waals surface area contributed by atoms with Crippen molar-refractivity contribution < 1.29 is 0 Å². The molecule has 0 bridgehead atoms. The molecule has 2 aromatic rings. The standard InChI is InChI=1S/C16H19N/c1-2-17-16(15-11-7-4-8-12-15)13-14-9-5-3-6-10-14/h3-12,16-17H,2,13H2,1H3. The molecule has 1 N–H and O–H groups in total. The van der Waals surface area contributed by atoms with Crippen LogP contribution >= 0.6 is 0 Å². The van der Waals surface area contributed by atoms with E-state index in [-0.39, 0.29) is 0 Å². The monoisotopic (exact) mass is 225 g/mol. The van der Waals surface area contributed by atoms with E-state index in [9.17, 15) is 0 Å². The molecule has 0 aliphatic rings. The van der Waals surface area contributed by atoms with Crippen LogP contribution in [0, 0.1) is 0 Å². The van der Waals surface area contributed by atoms with Gasteiger partial charge in [-0.25, -0.2) is 0 Å². The molecule has 1 atom stereocenters. The van der Waals surface area contributed by atoms with Crippen molar-refractivity contribution in [3.63, 3.8) is 0 Å². The highest BCUT2D eigenvalue weighted by Gasteiger charge is 2.09. The third kappa shape index (κ3) is 3.43. The van der Waals surface area contributed by atoms with Gasteiger partial charge >= 0.3 is 0 Å². The summed E-state index contributed by atoms with van der Waals surface area (Å²) in [5.41, 5.74) is 2.74. The van der Waals surface area contributed by atoms with Gasteiger partial charge in [0.1, 0.15) is 0 Å². The van der Waals surface area contributed by atoms with Gasteiger partial charge in [-0.2, -0.15) is 0 Å². The average Bonchev–Trinajstić information content (AvgIpc) is 2.40. The molecule has 1 heteroatoms. The molecule has 2 rings (SSSR count). The third-order valence-electron chi connectivity index (χ3n) is 2.94. The van der Waals surface area contributed by atoms with E-state index < -0.39 is 0 Å². The van der Waals surface area contributed by atoms with Gasteiger partial charge in [-0.05, 0) is 24.1 Å². The van der Waals surface area contributed by atoms with Crippen LogP contribution < -0.4 is 5.32 Å². The van der Waals surface area contributed by atoms with Gasteiger partial charge in [-0.3, -0.25) is 0 Å². The molecular formula is C16H19N. The Balaban J connectivity index is 2.13. The number of hydrogen-bond donors (Lipinski definition) is 1. The van der Waals surface area contributed by atoms with Crippen LogP contribution in [0.25, 0.3) is 0 Å². The molecule has 17 heavy (non-hydrogen) atoms. The Hall–Kier alpha value is -1.60. The van der Waals surface area contributed by atoms with Gasteiger partial charge in [0.2, 0.25) is 0 Å². The fourth-order valence-electron chi connectivity index (χ4n) is 2.09. The van der Waals surface area contributed by atoms with Crippen LogP contribution in [0.3, 0.4) is 0 Å².